The number of hydrogen-bond acceptors (Lipinski definition) is 26. The van der Waals surface area contributed by atoms with E-state index < -0.39 is 72.5 Å². The summed E-state index contributed by atoms with van der Waals surface area (Å²) in [6.07, 6.45) is 3.93. The number of nitrogens with zero attached hydrogens (tertiary/aromatic N) is 6. The fraction of sp³-hybridized carbons (Fsp3) is 0.352. The van der Waals surface area contributed by atoms with Crippen LogP contribution in [0.4, 0.5) is 9.59 Å². The third-order valence-electron chi connectivity index (χ3n) is 28.4. The predicted molar refractivity (Wildman–Crippen MR) is 519 cm³/mol. The van der Waals surface area contributed by atoms with Crippen molar-refractivity contribution < 1.29 is 91.7 Å². The summed E-state index contributed by atoms with van der Waals surface area (Å²) in [5.41, 5.74) is 21.6. The van der Waals surface area contributed by atoms with E-state index in [1.165, 1.54) is 56.3 Å². The molecule has 12 atom stereocenters. The fourth-order valence-corrected chi connectivity index (χ4v) is 25.0. The second kappa shape index (κ2) is 40.5. The number of amides is 2. The molecular formula is C108H110N8O19S2. The summed E-state index contributed by atoms with van der Waals surface area (Å²) in [6.45, 7) is 15.7. The second-order valence-corrected chi connectivity index (χ2v) is 38.0. The number of aliphatic hydroxyl groups is 1. The van der Waals surface area contributed by atoms with Gasteiger partial charge in [-0.2, -0.15) is 34.0 Å². The Labute approximate surface area is 804 Å². The number of aliphatic hydroxyl groups excluding tert-OH is 1. The van der Waals surface area contributed by atoms with Gasteiger partial charge in [-0.15, -0.1) is 0 Å². The minimum atomic E-state index is -1.10. The molecule has 20 rings (SSSR count). The molecule has 10 aliphatic rings. The number of carboxylic acid groups (broad SMARTS) is 1. The number of hydrogen-bond donors (Lipinski definition) is 6. The van der Waals surface area contributed by atoms with Gasteiger partial charge < -0.3 is 83.2 Å². The van der Waals surface area contributed by atoms with E-state index >= 15 is 0 Å². The Morgan fingerprint density at radius 2 is 0.883 bits per heavy atom. The molecule has 8 aliphatic heterocycles. The monoisotopic (exact) mass is 1890 g/mol. The maximum atomic E-state index is 14.8. The first-order valence-electron chi connectivity index (χ1n) is 46.0. The Bertz CT molecular complexity index is 6320. The lowest BCUT2D eigenvalue weighted by molar-refractivity contribution is -0.150. The van der Waals surface area contributed by atoms with E-state index in [-0.39, 0.29) is 106 Å². The minimum absolute atomic E-state index is 0.0196. The third kappa shape index (κ3) is 17.5. The van der Waals surface area contributed by atoms with Gasteiger partial charge in [0.15, 0.2) is 46.0 Å². The topological polar surface area (TPSA) is 335 Å². The van der Waals surface area contributed by atoms with Gasteiger partial charge in [0.2, 0.25) is 13.6 Å². The zero-order valence-electron chi connectivity index (χ0n) is 77.5. The number of aromatic hydroxyl groups is 2. The van der Waals surface area contributed by atoms with Crippen LogP contribution in [0.1, 0.15) is 136 Å². The number of carbonyl (C=O) groups excluding carboxylic acids is 3. The summed E-state index contributed by atoms with van der Waals surface area (Å²) in [5.74, 6) is 5.06. The number of fused-ring (bicyclic) bond motifs is 24. The molecule has 0 radical (unpaired) electrons. The predicted octanol–water partition coefficient (Wildman–Crippen LogP) is 16.5. The zero-order valence-corrected chi connectivity index (χ0v) is 79.2. The largest absolute Gasteiger partial charge is 0.504 e. The Hall–Kier alpha value is -13.4. The number of esters is 1. The van der Waals surface area contributed by atoms with E-state index in [9.17, 15) is 50.1 Å². The number of aryl methyl sites for hydroxylation is 2. The molecule has 2 fully saturated rings. The molecule has 2 unspecified atom stereocenters. The number of carbonyl (C=O) groups is 4. The third-order valence-corrected chi connectivity index (χ3v) is 30.7. The first-order chi connectivity index (χ1) is 66.6. The smallest absolute Gasteiger partial charge is 0.408 e. The van der Waals surface area contributed by atoms with Crippen LogP contribution in [0.5, 0.6) is 57.5 Å². The highest BCUT2D eigenvalue weighted by molar-refractivity contribution is 7.99. The van der Waals surface area contributed by atoms with Gasteiger partial charge in [-0.25, -0.2) is 19.2 Å². The number of methoxy groups -OCH3 is 2. The molecule has 4 bridgehead atoms. The van der Waals surface area contributed by atoms with Crippen molar-refractivity contribution in [2.45, 2.75) is 151 Å². The molecule has 8 heterocycles. The van der Waals surface area contributed by atoms with Crippen molar-refractivity contribution in [1.29, 1.82) is 10.5 Å². The number of likely N-dealkylation sites (N-methyl/N-ethyl adjacent to an activating group) is 2. The number of nitriles is 2. The Kier molecular flexibility index (Phi) is 27.8. The summed E-state index contributed by atoms with van der Waals surface area (Å²) in [5, 5.41) is 70.9. The molecule has 0 spiro atoms. The van der Waals surface area contributed by atoms with E-state index in [2.05, 4.69) is 116 Å². The van der Waals surface area contributed by atoms with Crippen molar-refractivity contribution >= 4 is 47.6 Å². The SMILES string of the molecule is C=CCOc1c(C)c2c(c3c1CC1[C@H]4c5c(cc(C)c(OC)c5O)C[C@@H]([C@H](C#N)N1[C@H]3CO)N4C)OCO2.C=CCOc1c(C)c2c(c3c1CC1[C@H]4c5c(cc(C)c(OC)c5O)C[C@@H]([C@H](C#N)N1[C@H]3COC(=O)[C@@H](CSCC1c3ccccc3-c3ccccc31)NC(=O)OCc1ccccc1)N4C)OCO2.O=C(N[C@H](CSCC1c2ccccc2-c2ccccc21)C(=O)O)OCc1ccccc1. The highest BCUT2D eigenvalue weighted by Gasteiger charge is 2.60. The first kappa shape index (κ1) is 94.0. The number of thioether (sulfide) groups is 2. The molecule has 0 aromatic heterocycles. The summed E-state index contributed by atoms with van der Waals surface area (Å²) in [7, 11) is 7.14. The number of phenols is 2. The van der Waals surface area contributed by atoms with Gasteiger partial charge in [-0.1, -0.05) is 195 Å². The van der Waals surface area contributed by atoms with Crippen LogP contribution in [-0.2, 0) is 62.7 Å². The van der Waals surface area contributed by atoms with Crippen molar-refractivity contribution in [3.05, 3.63) is 295 Å². The normalized spacial score (nSPS) is 21.0. The molecule has 27 nitrogen and oxygen atoms in total. The molecule has 2 amide bonds. The molecule has 2 saturated heterocycles. The van der Waals surface area contributed by atoms with Crippen LogP contribution in [-0.4, -0.2) is 204 Å². The van der Waals surface area contributed by atoms with E-state index in [1.807, 2.05) is 151 Å². The average molecular weight is 1890 g/mol. The summed E-state index contributed by atoms with van der Waals surface area (Å²) in [6, 6.07) is 55.2. The molecule has 29 heteroatoms. The number of carboxylic acids is 1. The number of rotatable bonds is 27. The lowest BCUT2D eigenvalue weighted by Gasteiger charge is -2.59. The van der Waals surface area contributed by atoms with Crippen LogP contribution < -0.4 is 48.5 Å². The van der Waals surface area contributed by atoms with Gasteiger partial charge in [-0.05, 0) is 145 Å². The van der Waals surface area contributed by atoms with Crippen molar-refractivity contribution in [3.8, 4) is 91.9 Å². The lowest BCUT2D eigenvalue weighted by atomic mass is 9.71. The zero-order chi connectivity index (χ0) is 95.7. The summed E-state index contributed by atoms with van der Waals surface area (Å²) in [4.78, 5) is 60.7. The number of alkyl carbamates (subject to hydrolysis) is 2. The molecule has 137 heavy (non-hydrogen) atoms. The highest BCUT2D eigenvalue weighted by Crippen LogP contribution is 2.62. The van der Waals surface area contributed by atoms with E-state index in [4.69, 9.17) is 52.1 Å². The van der Waals surface area contributed by atoms with Gasteiger partial charge in [-0.3, -0.25) is 19.6 Å². The standard InChI is InChI=1S/C54H54N4O9S.C29H33N3O6.C25H23NO4S/c1-6-20-63-50-31(3)51-52(67-29-66-51)46-38(50)23-42-47-45-33(21-30(2)49(62-5)48(45)59)22-41(57(47)4)43(24-55)58(42)44(46)26-64-53(60)40(56-54(61)65-25-32-14-8-7-9-15-32)28-68-27-39-36-18-12-10-16-34(36)35-17-11-13-19-37(35)39;1-6-7-36-27-15(3)28-29(38-13-37-28)23-17(27)10-19-24-22-16(8-14(2)26(35-5)25(22)34)9-18(31(24)4)20(11-30)32(19)21(23)12-33;27-24(28)23(26-25(29)30-14-17-8-2-1-3-9-17)16-31-15-22-20-12-6-4-10-18(20)19-11-5-7-13-21(19)22/h6-19,21,39-44,47,59H,1,20,22-23,25-29H2,2-5H3,(H,56,61);6,8,18-21,24,33-34H,1,7,9-10,12-13H2,2-5H3;1-13,22-23H,14-16H2,(H,26,29)(H,27,28)/t40-,41+,42?,43+,44+,47+;18-,19?,20-,21-,24-;23-/m101/s1. The van der Waals surface area contributed by atoms with Gasteiger partial charge in [0.25, 0.3) is 0 Å². The van der Waals surface area contributed by atoms with E-state index in [0.29, 0.717) is 89.6 Å². The lowest BCUT2D eigenvalue weighted by Crippen LogP contribution is -2.68. The van der Waals surface area contributed by atoms with Crippen LogP contribution in [0.15, 0.2) is 195 Å². The molecular weight excluding hydrogens is 1780 g/mol. The molecule has 0 saturated carbocycles. The number of aliphatic carboxylic acids is 1. The van der Waals surface area contributed by atoms with Crippen LogP contribution in [0.25, 0.3) is 22.3 Å². The summed E-state index contributed by atoms with van der Waals surface area (Å²) >= 11 is 3.07. The maximum Gasteiger partial charge on any atom is 0.408 e. The van der Waals surface area contributed by atoms with Gasteiger partial charge >= 0.3 is 24.1 Å². The number of phenolic OH excluding ortho intramolecular Hbond substituents is 2. The quantitative estimate of drug-likeness (QED) is 0.0158. The van der Waals surface area contributed by atoms with Gasteiger partial charge in [0, 0.05) is 104 Å². The maximum absolute atomic E-state index is 14.8. The van der Waals surface area contributed by atoms with E-state index in [0.717, 1.165) is 78.1 Å². The van der Waals surface area contributed by atoms with Crippen LogP contribution >= 0.6 is 23.5 Å². The van der Waals surface area contributed by atoms with Crippen LogP contribution in [0, 0.1) is 50.4 Å². The van der Waals surface area contributed by atoms with Crippen LogP contribution in [0.2, 0.25) is 0 Å². The number of nitrogens with one attached hydrogen (secondary N) is 2. The van der Waals surface area contributed by atoms with Gasteiger partial charge in [0.1, 0.15) is 68.7 Å². The number of benzene rings is 10. The average Bonchev–Trinajstić information content (AvgIpc) is 1.15. The first-order valence-corrected chi connectivity index (χ1v) is 48.3. The summed E-state index contributed by atoms with van der Waals surface area (Å²) < 4.78 is 65.4. The molecule has 708 valence electrons. The van der Waals surface area contributed by atoms with Crippen molar-refractivity contribution in [1.82, 2.24) is 30.2 Å². The Morgan fingerprint density at radius 1 is 0.504 bits per heavy atom. The Balaban J connectivity index is 0.000000152. The van der Waals surface area contributed by atoms with Crippen molar-refractivity contribution in [3.63, 3.8) is 0 Å². The minimum Gasteiger partial charge on any atom is -0.504 e. The number of piperazine rings is 2. The van der Waals surface area contributed by atoms with Crippen molar-refractivity contribution in [2.24, 2.45) is 0 Å². The van der Waals surface area contributed by atoms with Crippen molar-refractivity contribution in [2.75, 3.05) is 91.3 Å². The fourth-order valence-electron chi connectivity index (χ4n) is 22.6. The molecule has 10 aromatic rings. The highest BCUT2D eigenvalue weighted by atomic mass is 32.2. The van der Waals surface area contributed by atoms with E-state index in [1.54, 1.807) is 38.1 Å². The molecule has 2 aliphatic carbocycles. The van der Waals surface area contributed by atoms with Gasteiger partial charge in [0.05, 0.1) is 57.1 Å². The Morgan fingerprint density at radius 3 is 1.28 bits per heavy atom. The second-order valence-electron chi connectivity index (χ2n) is 35.9. The molecule has 10 aromatic carbocycles. The van der Waals surface area contributed by atoms with Crippen LogP contribution in [0.3, 0.4) is 0 Å². The number of ether oxygens (including phenoxy) is 11. The molecule has 6 N–H and O–H groups in total.